The lowest BCUT2D eigenvalue weighted by Crippen LogP contribution is -2.29. The third-order valence-corrected chi connectivity index (χ3v) is 4.94. The van der Waals surface area contributed by atoms with Crippen LogP contribution in [0, 0.1) is 23.2 Å². The molecule has 1 aliphatic rings. The molecule has 1 rings (SSSR count). The fourth-order valence-corrected chi connectivity index (χ4v) is 3.42. The third kappa shape index (κ3) is 4.25. The average molecular weight is 302 g/mol. The van der Waals surface area contributed by atoms with E-state index in [4.69, 9.17) is 18.9 Å². The minimum Gasteiger partial charge on any atom is -0.359 e. The topological polar surface area (TPSA) is 54.0 Å². The Morgan fingerprint density at radius 3 is 2.19 bits per heavy atom. The highest BCUT2D eigenvalue weighted by Gasteiger charge is 2.62. The van der Waals surface area contributed by atoms with Gasteiger partial charge in [-0.05, 0) is 31.6 Å². The smallest absolute Gasteiger partial charge is 0.160 e. The Labute approximate surface area is 128 Å². The van der Waals surface area contributed by atoms with Crippen LogP contribution in [0.5, 0.6) is 0 Å². The molecule has 5 heteroatoms. The van der Waals surface area contributed by atoms with Crippen molar-refractivity contribution < 1.29 is 23.7 Å². The van der Waals surface area contributed by atoms with E-state index in [2.05, 4.69) is 13.8 Å². The Hall–Kier alpha value is -0.490. The molecule has 0 saturated heterocycles. The van der Waals surface area contributed by atoms with Crippen LogP contribution >= 0.6 is 0 Å². The largest absolute Gasteiger partial charge is 0.359 e. The van der Waals surface area contributed by atoms with Crippen molar-refractivity contribution >= 4 is 5.78 Å². The van der Waals surface area contributed by atoms with Crippen molar-refractivity contribution in [2.75, 3.05) is 28.1 Å². The van der Waals surface area contributed by atoms with Gasteiger partial charge in [0, 0.05) is 33.2 Å². The molecule has 0 heterocycles. The van der Waals surface area contributed by atoms with Crippen molar-refractivity contribution in [1.82, 2.24) is 0 Å². The van der Waals surface area contributed by atoms with Crippen LogP contribution in [-0.2, 0) is 23.7 Å². The number of hydrogen-bond donors (Lipinski definition) is 0. The molecule has 5 nitrogen and oxygen atoms in total. The maximum atomic E-state index is 12.0. The van der Waals surface area contributed by atoms with Crippen LogP contribution in [-0.4, -0.2) is 46.3 Å². The second-order valence-corrected chi connectivity index (χ2v) is 6.52. The number of carbonyl (C=O) groups is 1. The van der Waals surface area contributed by atoms with Gasteiger partial charge in [0.05, 0.1) is 6.10 Å². The summed E-state index contributed by atoms with van der Waals surface area (Å²) in [7, 11) is 4.90. The number of ketones is 1. The summed E-state index contributed by atoms with van der Waals surface area (Å²) in [6.07, 6.45) is 0.428. The van der Waals surface area contributed by atoms with Crippen LogP contribution in [0.2, 0.25) is 0 Å². The quantitative estimate of drug-likeness (QED) is 0.580. The lowest BCUT2D eigenvalue weighted by Gasteiger charge is -2.22. The van der Waals surface area contributed by atoms with Gasteiger partial charge in [0.15, 0.2) is 6.29 Å². The molecule has 1 aliphatic carbocycles. The Balaban J connectivity index is 2.70. The summed E-state index contributed by atoms with van der Waals surface area (Å²) in [4.78, 5) is 12.0. The molecule has 0 aromatic carbocycles. The highest BCUT2D eigenvalue weighted by atomic mass is 16.7. The Bertz CT molecular complexity index is 338. The van der Waals surface area contributed by atoms with E-state index in [1.165, 1.54) is 0 Å². The molecule has 1 saturated carbocycles. The van der Waals surface area contributed by atoms with Gasteiger partial charge in [-0.1, -0.05) is 13.8 Å². The molecule has 0 spiro atoms. The fraction of sp³-hybridized carbons (Fsp3) is 0.938. The number of hydrogen-bond acceptors (Lipinski definition) is 5. The molecule has 0 aliphatic heterocycles. The molecular weight excluding hydrogens is 272 g/mol. The lowest BCUT2D eigenvalue weighted by molar-refractivity contribution is -0.134. The van der Waals surface area contributed by atoms with Crippen LogP contribution in [0.15, 0.2) is 0 Å². The minimum absolute atomic E-state index is 0.116. The van der Waals surface area contributed by atoms with E-state index >= 15 is 0 Å². The molecule has 21 heavy (non-hydrogen) atoms. The molecule has 0 bridgehead atoms. The van der Waals surface area contributed by atoms with Gasteiger partial charge in [-0.25, -0.2) is 0 Å². The molecule has 0 radical (unpaired) electrons. The van der Waals surface area contributed by atoms with Gasteiger partial charge < -0.3 is 18.9 Å². The summed E-state index contributed by atoms with van der Waals surface area (Å²) in [5.74, 6) is 0.740. The van der Waals surface area contributed by atoms with Crippen LogP contribution in [0.25, 0.3) is 0 Å². The van der Waals surface area contributed by atoms with E-state index in [9.17, 15) is 4.79 Å². The molecular formula is C16H30O5. The van der Waals surface area contributed by atoms with Crippen molar-refractivity contribution in [3.63, 3.8) is 0 Å². The van der Waals surface area contributed by atoms with E-state index in [-0.39, 0.29) is 36.3 Å². The summed E-state index contributed by atoms with van der Waals surface area (Å²) in [6, 6.07) is 0. The van der Waals surface area contributed by atoms with Crippen molar-refractivity contribution in [3.05, 3.63) is 0 Å². The van der Waals surface area contributed by atoms with Crippen molar-refractivity contribution in [2.45, 2.75) is 46.5 Å². The summed E-state index contributed by atoms with van der Waals surface area (Å²) >= 11 is 0. The molecule has 0 aromatic rings. The predicted octanol–water partition coefficient (Wildman–Crippen LogP) is 2.48. The molecule has 1 unspecified atom stereocenters. The highest BCUT2D eigenvalue weighted by molar-refractivity contribution is 5.78. The van der Waals surface area contributed by atoms with Gasteiger partial charge in [-0.3, -0.25) is 4.79 Å². The SMILES string of the molecule is COCOC(C)[C@@H](C[C@@H]1[C@H](C(OC)OC)C1(C)C)C(C)=O. The molecule has 0 N–H and O–H groups in total. The van der Waals surface area contributed by atoms with E-state index in [0.29, 0.717) is 11.8 Å². The normalized spacial score (nSPS) is 26.7. The van der Waals surface area contributed by atoms with E-state index < -0.39 is 0 Å². The van der Waals surface area contributed by atoms with Crippen LogP contribution in [0.4, 0.5) is 0 Å². The Morgan fingerprint density at radius 1 is 1.19 bits per heavy atom. The molecule has 1 fully saturated rings. The monoisotopic (exact) mass is 302 g/mol. The van der Waals surface area contributed by atoms with Gasteiger partial charge in [-0.15, -0.1) is 0 Å². The second-order valence-electron chi connectivity index (χ2n) is 6.52. The van der Waals surface area contributed by atoms with Crippen LogP contribution in [0.1, 0.15) is 34.1 Å². The number of Topliss-reactive ketones (excluding diaryl/α,β-unsaturated/α-hetero) is 1. The first-order valence-corrected chi connectivity index (χ1v) is 7.47. The fourth-order valence-electron chi connectivity index (χ4n) is 3.42. The summed E-state index contributed by atoms with van der Waals surface area (Å²) < 4.78 is 21.3. The van der Waals surface area contributed by atoms with E-state index in [1.54, 1.807) is 28.3 Å². The second kappa shape index (κ2) is 7.68. The standard InChI is InChI=1S/C16H30O5/c1-10(17)12(11(2)21-9-18-5)8-13-14(16(13,3)4)15(19-6)20-7/h11-15H,8-9H2,1-7H3/t11?,12-,13+,14+/m0/s1. The number of methoxy groups -OCH3 is 3. The lowest BCUT2D eigenvalue weighted by atomic mass is 9.90. The summed E-state index contributed by atoms with van der Waals surface area (Å²) in [5, 5.41) is 0. The molecule has 0 amide bonds. The van der Waals surface area contributed by atoms with E-state index in [1.807, 2.05) is 6.92 Å². The average Bonchev–Trinajstić information content (AvgIpc) is 2.96. The van der Waals surface area contributed by atoms with Crippen molar-refractivity contribution in [2.24, 2.45) is 23.2 Å². The number of ether oxygens (including phenoxy) is 4. The van der Waals surface area contributed by atoms with Crippen LogP contribution < -0.4 is 0 Å². The first kappa shape index (κ1) is 18.6. The molecule has 0 aromatic heterocycles. The zero-order valence-corrected chi connectivity index (χ0v) is 14.3. The van der Waals surface area contributed by atoms with E-state index in [0.717, 1.165) is 6.42 Å². The number of rotatable bonds is 10. The Morgan fingerprint density at radius 2 is 1.76 bits per heavy atom. The predicted molar refractivity (Wildman–Crippen MR) is 79.8 cm³/mol. The van der Waals surface area contributed by atoms with Gasteiger partial charge in [0.1, 0.15) is 12.6 Å². The maximum Gasteiger partial charge on any atom is 0.160 e. The van der Waals surface area contributed by atoms with Gasteiger partial charge in [0.2, 0.25) is 0 Å². The van der Waals surface area contributed by atoms with Gasteiger partial charge in [0.25, 0.3) is 0 Å². The zero-order chi connectivity index (χ0) is 16.2. The first-order chi connectivity index (χ1) is 9.81. The van der Waals surface area contributed by atoms with Gasteiger partial charge in [-0.2, -0.15) is 0 Å². The molecule has 4 atom stereocenters. The van der Waals surface area contributed by atoms with Gasteiger partial charge >= 0.3 is 0 Å². The summed E-state index contributed by atoms with van der Waals surface area (Å²) in [5.41, 5.74) is 0.116. The van der Waals surface area contributed by atoms with Crippen molar-refractivity contribution in [1.29, 1.82) is 0 Å². The Kier molecular flexibility index (Phi) is 6.78. The maximum absolute atomic E-state index is 12.0. The third-order valence-electron chi connectivity index (χ3n) is 4.94. The minimum atomic E-state index is -0.215. The summed E-state index contributed by atoms with van der Waals surface area (Å²) in [6.45, 7) is 8.17. The van der Waals surface area contributed by atoms with Crippen LogP contribution in [0.3, 0.4) is 0 Å². The first-order valence-electron chi connectivity index (χ1n) is 7.47. The van der Waals surface area contributed by atoms with Crippen molar-refractivity contribution in [3.8, 4) is 0 Å². The highest BCUT2D eigenvalue weighted by Crippen LogP contribution is 2.63. The zero-order valence-electron chi connectivity index (χ0n) is 14.3. The number of carbonyl (C=O) groups excluding carboxylic acids is 1. The molecule has 124 valence electrons.